The van der Waals surface area contributed by atoms with Crippen molar-refractivity contribution in [1.29, 1.82) is 0 Å². The van der Waals surface area contributed by atoms with E-state index in [-0.39, 0.29) is 0 Å². The van der Waals surface area contributed by atoms with Crippen LogP contribution in [0, 0.1) is 13.8 Å². The second-order valence-corrected chi connectivity index (χ2v) is 6.24. The lowest BCUT2D eigenvalue weighted by Gasteiger charge is -2.15. The van der Waals surface area contributed by atoms with E-state index >= 15 is 0 Å². The predicted molar refractivity (Wildman–Crippen MR) is 93.4 cm³/mol. The summed E-state index contributed by atoms with van der Waals surface area (Å²) in [6, 6.07) is 10.3. The van der Waals surface area contributed by atoms with E-state index in [9.17, 15) is 0 Å². The van der Waals surface area contributed by atoms with Crippen LogP contribution in [0.15, 0.2) is 30.3 Å². The second-order valence-electron chi connectivity index (χ2n) is 5.39. The largest absolute Gasteiger partial charge is 0.313 e. The maximum Gasteiger partial charge on any atom is 0.0438 e. The van der Waals surface area contributed by atoms with Gasteiger partial charge < -0.3 is 5.32 Å². The lowest BCUT2D eigenvalue weighted by atomic mass is 9.94. The van der Waals surface area contributed by atoms with Crippen LogP contribution in [0.4, 0.5) is 0 Å². The minimum Gasteiger partial charge on any atom is -0.313 e. The van der Waals surface area contributed by atoms with Gasteiger partial charge in [0.2, 0.25) is 0 Å². The zero-order chi connectivity index (χ0) is 15.4. The minimum atomic E-state index is 0.760. The molecule has 3 heteroatoms. The van der Waals surface area contributed by atoms with Crippen LogP contribution in [0.1, 0.15) is 30.0 Å². The van der Waals surface area contributed by atoms with Crippen molar-refractivity contribution in [2.75, 3.05) is 6.54 Å². The molecule has 0 aromatic heterocycles. The Hall–Kier alpha value is -1.02. The van der Waals surface area contributed by atoms with Crippen molar-refractivity contribution in [2.24, 2.45) is 0 Å². The van der Waals surface area contributed by atoms with E-state index in [0.717, 1.165) is 35.1 Å². The Morgan fingerprint density at radius 1 is 0.952 bits per heavy atom. The van der Waals surface area contributed by atoms with Gasteiger partial charge in [0.15, 0.2) is 0 Å². The van der Waals surface area contributed by atoms with Crippen LogP contribution in [-0.4, -0.2) is 6.54 Å². The molecule has 0 aliphatic heterocycles. The molecule has 0 unspecified atom stereocenters. The van der Waals surface area contributed by atoms with E-state index in [2.05, 4.69) is 31.3 Å². The topological polar surface area (TPSA) is 12.0 Å². The molecule has 21 heavy (non-hydrogen) atoms. The molecule has 0 aliphatic carbocycles. The molecule has 0 saturated carbocycles. The molecule has 2 aromatic carbocycles. The van der Waals surface area contributed by atoms with Gasteiger partial charge in [0.05, 0.1) is 0 Å². The summed E-state index contributed by atoms with van der Waals surface area (Å²) in [5, 5.41) is 5.03. The number of rotatable bonds is 5. The Kier molecular flexibility index (Phi) is 5.69. The molecule has 0 heterocycles. The average Bonchev–Trinajstić information content (AvgIpc) is 2.45. The highest BCUT2D eigenvalue weighted by Gasteiger charge is 2.10. The molecular weight excluding hydrogens is 301 g/mol. The number of hydrogen-bond donors (Lipinski definition) is 1. The maximum atomic E-state index is 6.21. The number of hydrogen-bond acceptors (Lipinski definition) is 1. The standard InChI is InChI=1S/C18H21Cl2N/c1-4-7-21-11-14-5-6-15(19)10-17(14)16-8-13(3)18(20)9-12(16)2/h5-6,8-10,21H,4,7,11H2,1-3H3. The van der Waals surface area contributed by atoms with Crippen molar-refractivity contribution >= 4 is 23.2 Å². The quantitative estimate of drug-likeness (QED) is 0.688. The molecule has 2 rings (SSSR count). The van der Waals surface area contributed by atoms with Crippen molar-refractivity contribution in [2.45, 2.75) is 33.7 Å². The number of halogens is 2. The van der Waals surface area contributed by atoms with Gasteiger partial charge in [0.25, 0.3) is 0 Å². The molecule has 0 atom stereocenters. The van der Waals surface area contributed by atoms with Crippen molar-refractivity contribution in [3.05, 3.63) is 57.1 Å². The fourth-order valence-electron chi connectivity index (χ4n) is 2.42. The summed E-state index contributed by atoms with van der Waals surface area (Å²) in [5.41, 5.74) is 5.91. The van der Waals surface area contributed by atoms with Crippen LogP contribution in [0.5, 0.6) is 0 Å². The van der Waals surface area contributed by atoms with Crippen LogP contribution in [-0.2, 0) is 6.54 Å². The van der Waals surface area contributed by atoms with Crippen LogP contribution < -0.4 is 5.32 Å². The molecule has 112 valence electrons. The minimum absolute atomic E-state index is 0.760. The van der Waals surface area contributed by atoms with E-state index in [0.29, 0.717) is 0 Å². The first-order valence-corrected chi connectivity index (χ1v) is 8.04. The predicted octanol–water partition coefficient (Wildman–Crippen LogP) is 5.78. The van der Waals surface area contributed by atoms with Crippen molar-refractivity contribution in [3.63, 3.8) is 0 Å². The van der Waals surface area contributed by atoms with Gasteiger partial charge in [-0.15, -0.1) is 0 Å². The maximum absolute atomic E-state index is 6.21. The SMILES string of the molecule is CCCNCc1ccc(Cl)cc1-c1cc(C)c(Cl)cc1C. The van der Waals surface area contributed by atoms with Gasteiger partial charge in [0, 0.05) is 16.6 Å². The molecule has 1 N–H and O–H groups in total. The summed E-state index contributed by atoms with van der Waals surface area (Å²) >= 11 is 12.4. The van der Waals surface area contributed by atoms with Crippen LogP contribution in [0.2, 0.25) is 10.0 Å². The summed E-state index contributed by atoms with van der Waals surface area (Å²) in [6.45, 7) is 8.15. The van der Waals surface area contributed by atoms with Gasteiger partial charge in [-0.3, -0.25) is 0 Å². The average molecular weight is 322 g/mol. The lowest BCUT2D eigenvalue weighted by molar-refractivity contribution is 0.676. The third-order valence-corrected chi connectivity index (χ3v) is 4.25. The summed E-state index contributed by atoms with van der Waals surface area (Å²) in [5.74, 6) is 0. The van der Waals surface area contributed by atoms with Gasteiger partial charge in [-0.05, 0) is 78.9 Å². The summed E-state index contributed by atoms with van der Waals surface area (Å²) in [6.07, 6.45) is 1.13. The second kappa shape index (κ2) is 7.31. The van der Waals surface area contributed by atoms with E-state index in [1.54, 1.807) is 0 Å². The van der Waals surface area contributed by atoms with Crippen LogP contribution in [0.25, 0.3) is 11.1 Å². The molecule has 0 radical (unpaired) electrons. The summed E-state index contributed by atoms with van der Waals surface area (Å²) < 4.78 is 0. The van der Waals surface area contributed by atoms with E-state index in [1.807, 2.05) is 25.1 Å². The Labute approximate surface area is 137 Å². The van der Waals surface area contributed by atoms with Gasteiger partial charge in [-0.1, -0.05) is 36.2 Å². The normalized spacial score (nSPS) is 10.9. The van der Waals surface area contributed by atoms with Gasteiger partial charge in [-0.2, -0.15) is 0 Å². The van der Waals surface area contributed by atoms with Crippen LogP contribution in [0.3, 0.4) is 0 Å². The fourth-order valence-corrected chi connectivity index (χ4v) is 2.81. The number of benzene rings is 2. The summed E-state index contributed by atoms with van der Waals surface area (Å²) in [4.78, 5) is 0. The third kappa shape index (κ3) is 4.00. The monoisotopic (exact) mass is 321 g/mol. The van der Waals surface area contributed by atoms with Crippen molar-refractivity contribution in [3.8, 4) is 11.1 Å². The first-order chi connectivity index (χ1) is 10.0. The zero-order valence-corrected chi connectivity index (χ0v) is 14.3. The Balaban J connectivity index is 2.46. The smallest absolute Gasteiger partial charge is 0.0438 e. The molecule has 2 aromatic rings. The highest BCUT2D eigenvalue weighted by atomic mass is 35.5. The molecule has 1 nitrogen and oxygen atoms in total. The van der Waals surface area contributed by atoms with Crippen molar-refractivity contribution < 1.29 is 0 Å². The zero-order valence-electron chi connectivity index (χ0n) is 12.8. The molecule has 0 bridgehead atoms. The number of nitrogens with one attached hydrogen (secondary N) is 1. The van der Waals surface area contributed by atoms with Gasteiger partial charge >= 0.3 is 0 Å². The lowest BCUT2D eigenvalue weighted by Crippen LogP contribution is -2.14. The first kappa shape index (κ1) is 16.4. The Morgan fingerprint density at radius 2 is 1.71 bits per heavy atom. The van der Waals surface area contributed by atoms with E-state index in [1.165, 1.54) is 22.3 Å². The summed E-state index contributed by atoms with van der Waals surface area (Å²) in [7, 11) is 0. The Bertz CT molecular complexity index is 635. The molecule has 0 amide bonds. The Morgan fingerprint density at radius 3 is 2.43 bits per heavy atom. The van der Waals surface area contributed by atoms with Gasteiger partial charge in [-0.25, -0.2) is 0 Å². The number of aryl methyl sites for hydroxylation is 2. The molecule has 0 aliphatic rings. The molecule has 0 fully saturated rings. The molecule has 0 spiro atoms. The van der Waals surface area contributed by atoms with E-state index in [4.69, 9.17) is 23.2 Å². The van der Waals surface area contributed by atoms with Gasteiger partial charge in [0.1, 0.15) is 0 Å². The fraction of sp³-hybridized carbons (Fsp3) is 0.333. The third-order valence-electron chi connectivity index (χ3n) is 3.61. The van der Waals surface area contributed by atoms with Crippen molar-refractivity contribution in [1.82, 2.24) is 5.32 Å². The highest BCUT2D eigenvalue weighted by molar-refractivity contribution is 6.31. The highest BCUT2D eigenvalue weighted by Crippen LogP contribution is 2.32. The van der Waals surface area contributed by atoms with E-state index < -0.39 is 0 Å². The first-order valence-electron chi connectivity index (χ1n) is 7.29. The molecular formula is C18H21Cl2N. The molecule has 0 saturated heterocycles. The van der Waals surface area contributed by atoms with Crippen LogP contribution >= 0.6 is 23.2 Å².